The predicted octanol–water partition coefficient (Wildman–Crippen LogP) is 3.68. The fraction of sp³-hybridized carbons (Fsp3) is 0.0769. The van der Waals surface area contributed by atoms with Gasteiger partial charge in [0, 0.05) is 15.7 Å². The third-order valence-electron chi connectivity index (χ3n) is 2.68. The van der Waals surface area contributed by atoms with Crippen LogP contribution in [0, 0.1) is 6.92 Å². The lowest BCUT2D eigenvalue weighted by atomic mass is 10.2. The van der Waals surface area contributed by atoms with E-state index in [0.29, 0.717) is 21.4 Å². The van der Waals surface area contributed by atoms with Crippen molar-refractivity contribution in [2.24, 2.45) is 0 Å². The second-order valence-corrected chi connectivity index (χ2v) is 6.84. The van der Waals surface area contributed by atoms with Crippen LogP contribution >= 0.6 is 23.2 Å². The zero-order chi connectivity index (χ0) is 14.9. The van der Waals surface area contributed by atoms with Crippen LogP contribution in [-0.4, -0.2) is 8.42 Å². The quantitative estimate of drug-likeness (QED) is 0.843. The smallest absolute Gasteiger partial charge is 0.261 e. The van der Waals surface area contributed by atoms with Gasteiger partial charge in [0.25, 0.3) is 10.0 Å². The van der Waals surface area contributed by atoms with E-state index in [2.05, 4.69) is 4.72 Å². The Labute approximate surface area is 127 Å². The largest absolute Gasteiger partial charge is 0.398 e. The van der Waals surface area contributed by atoms with Crippen LogP contribution in [0.5, 0.6) is 0 Å². The van der Waals surface area contributed by atoms with Crippen LogP contribution < -0.4 is 10.5 Å². The Morgan fingerprint density at radius 3 is 2.20 bits per heavy atom. The highest BCUT2D eigenvalue weighted by Gasteiger charge is 2.15. The number of benzene rings is 2. The summed E-state index contributed by atoms with van der Waals surface area (Å²) < 4.78 is 26.9. The average molecular weight is 331 g/mol. The predicted molar refractivity (Wildman–Crippen MR) is 82.9 cm³/mol. The highest BCUT2D eigenvalue weighted by Crippen LogP contribution is 2.25. The number of hydrogen-bond donors (Lipinski definition) is 2. The summed E-state index contributed by atoms with van der Waals surface area (Å²) in [7, 11) is -3.73. The lowest BCUT2D eigenvalue weighted by Crippen LogP contribution is -2.13. The molecule has 7 heteroatoms. The molecule has 0 aromatic heterocycles. The summed E-state index contributed by atoms with van der Waals surface area (Å²) in [5.41, 5.74) is 7.25. The zero-order valence-electron chi connectivity index (χ0n) is 10.5. The van der Waals surface area contributed by atoms with E-state index in [1.54, 1.807) is 13.0 Å². The molecule has 0 spiro atoms. The second-order valence-electron chi connectivity index (χ2n) is 4.28. The van der Waals surface area contributed by atoms with E-state index in [9.17, 15) is 8.42 Å². The van der Waals surface area contributed by atoms with Crippen molar-refractivity contribution in [1.82, 2.24) is 0 Å². The molecule has 0 saturated carbocycles. The van der Waals surface area contributed by atoms with Gasteiger partial charge >= 0.3 is 0 Å². The highest BCUT2D eigenvalue weighted by atomic mass is 35.5. The van der Waals surface area contributed by atoms with Crippen molar-refractivity contribution >= 4 is 44.6 Å². The summed E-state index contributed by atoms with van der Waals surface area (Å²) in [4.78, 5) is 0.0803. The van der Waals surface area contributed by atoms with Gasteiger partial charge in [0.1, 0.15) is 0 Å². The number of hydrogen-bond acceptors (Lipinski definition) is 3. The van der Waals surface area contributed by atoms with Crippen LogP contribution in [0.4, 0.5) is 11.4 Å². The minimum Gasteiger partial charge on any atom is -0.398 e. The summed E-state index contributed by atoms with van der Waals surface area (Å²) >= 11 is 11.7. The SMILES string of the molecule is Cc1ccc(S(=O)(=O)Nc2cc(Cl)cc(Cl)c2)cc1N. The molecule has 2 aromatic carbocycles. The van der Waals surface area contributed by atoms with Crippen LogP contribution in [0.2, 0.25) is 10.0 Å². The summed E-state index contributed by atoms with van der Waals surface area (Å²) in [6.45, 7) is 1.80. The van der Waals surface area contributed by atoms with Crippen molar-refractivity contribution in [2.45, 2.75) is 11.8 Å². The number of nitrogen functional groups attached to an aromatic ring is 1. The monoisotopic (exact) mass is 330 g/mol. The Morgan fingerprint density at radius 2 is 1.65 bits per heavy atom. The topological polar surface area (TPSA) is 72.2 Å². The Balaban J connectivity index is 2.37. The number of anilines is 2. The molecule has 0 heterocycles. The van der Waals surface area contributed by atoms with Crippen LogP contribution in [0.25, 0.3) is 0 Å². The van der Waals surface area contributed by atoms with Crippen molar-refractivity contribution in [3.63, 3.8) is 0 Å². The normalized spacial score (nSPS) is 11.3. The van der Waals surface area contributed by atoms with Crippen molar-refractivity contribution in [3.05, 3.63) is 52.0 Å². The number of halogens is 2. The van der Waals surface area contributed by atoms with E-state index in [1.807, 2.05) is 0 Å². The van der Waals surface area contributed by atoms with Crippen LogP contribution in [-0.2, 0) is 10.0 Å². The molecule has 0 radical (unpaired) electrons. The lowest BCUT2D eigenvalue weighted by Gasteiger charge is -2.10. The van der Waals surface area contributed by atoms with Crippen LogP contribution in [0.15, 0.2) is 41.3 Å². The molecule has 4 nitrogen and oxygen atoms in total. The molecule has 106 valence electrons. The fourth-order valence-corrected chi connectivity index (χ4v) is 3.21. The lowest BCUT2D eigenvalue weighted by molar-refractivity contribution is 0.601. The summed E-state index contributed by atoms with van der Waals surface area (Å²) in [6, 6.07) is 9.01. The molecule has 20 heavy (non-hydrogen) atoms. The number of rotatable bonds is 3. The van der Waals surface area contributed by atoms with Gasteiger partial charge in [-0.3, -0.25) is 4.72 Å². The first-order valence-corrected chi connectivity index (χ1v) is 7.87. The molecule has 0 saturated heterocycles. The molecule has 0 aliphatic heterocycles. The zero-order valence-corrected chi connectivity index (χ0v) is 12.9. The molecule has 0 atom stereocenters. The maximum absolute atomic E-state index is 12.2. The van der Waals surface area contributed by atoms with Crippen molar-refractivity contribution < 1.29 is 8.42 Å². The Hall–Kier alpha value is -1.43. The maximum Gasteiger partial charge on any atom is 0.261 e. The molecule has 0 bridgehead atoms. The van der Waals surface area contributed by atoms with E-state index in [1.165, 1.54) is 30.3 Å². The number of aryl methyl sites for hydroxylation is 1. The molecule has 0 aliphatic carbocycles. The first kappa shape index (κ1) is 15.0. The maximum atomic E-state index is 12.2. The van der Waals surface area contributed by atoms with Crippen molar-refractivity contribution in [2.75, 3.05) is 10.5 Å². The van der Waals surface area contributed by atoms with Crippen LogP contribution in [0.1, 0.15) is 5.56 Å². The van der Waals surface area contributed by atoms with Gasteiger partial charge in [-0.1, -0.05) is 29.3 Å². The minimum absolute atomic E-state index is 0.0803. The van der Waals surface area contributed by atoms with E-state index < -0.39 is 10.0 Å². The molecular weight excluding hydrogens is 319 g/mol. The standard InChI is InChI=1S/C13H12Cl2N2O2S/c1-8-2-3-12(7-13(8)16)20(18,19)17-11-5-9(14)4-10(15)6-11/h2-7,17H,16H2,1H3. The molecule has 0 amide bonds. The third-order valence-corrected chi connectivity index (χ3v) is 4.49. The Kier molecular flexibility index (Phi) is 4.13. The van der Waals surface area contributed by atoms with Gasteiger partial charge in [-0.05, 0) is 42.8 Å². The molecule has 0 aliphatic rings. The number of sulfonamides is 1. The number of nitrogens with two attached hydrogens (primary N) is 1. The van der Waals surface area contributed by atoms with Crippen LogP contribution in [0.3, 0.4) is 0 Å². The third kappa shape index (κ3) is 3.36. The molecule has 0 unspecified atom stereocenters. The molecular formula is C13H12Cl2N2O2S. The molecule has 3 N–H and O–H groups in total. The van der Waals surface area contributed by atoms with Gasteiger partial charge in [0.2, 0.25) is 0 Å². The van der Waals surface area contributed by atoms with Crippen molar-refractivity contribution in [1.29, 1.82) is 0 Å². The minimum atomic E-state index is -3.73. The molecule has 2 rings (SSSR count). The summed E-state index contributed by atoms with van der Waals surface area (Å²) in [6.07, 6.45) is 0. The van der Waals surface area contributed by atoms with Gasteiger partial charge in [-0.25, -0.2) is 8.42 Å². The average Bonchev–Trinajstić information content (AvgIpc) is 2.30. The van der Waals surface area contributed by atoms with Gasteiger partial charge in [-0.15, -0.1) is 0 Å². The first-order chi connectivity index (χ1) is 9.28. The van der Waals surface area contributed by atoms with E-state index >= 15 is 0 Å². The van der Waals surface area contributed by atoms with Gasteiger partial charge in [0.15, 0.2) is 0 Å². The van der Waals surface area contributed by atoms with Gasteiger partial charge < -0.3 is 5.73 Å². The van der Waals surface area contributed by atoms with E-state index in [0.717, 1.165) is 5.56 Å². The van der Waals surface area contributed by atoms with Gasteiger partial charge in [0.05, 0.1) is 10.6 Å². The summed E-state index contributed by atoms with van der Waals surface area (Å²) in [5, 5.41) is 0.692. The molecule has 0 fully saturated rings. The summed E-state index contributed by atoms with van der Waals surface area (Å²) in [5.74, 6) is 0. The second kappa shape index (κ2) is 5.52. The van der Waals surface area contributed by atoms with E-state index in [4.69, 9.17) is 28.9 Å². The fourth-order valence-electron chi connectivity index (χ4n) is 1.61. The highest BCUT2D eigenvalue weighted by molar-refractivity contribution is 7.92. The first-order valence-electron chi connectivity index (χ1n) is 5.63. The van der Waals surface area contributed by atoms with E-state index in [-0.39, 0.29) is 4.90 Å². The Bertz CT molecular complexity index is 741. The Morgan fingerprint density at radius 1 is 1.05 bits per heavy atom. The number of nitrogens with one attached hydrogen (secondary N) is 1. The molecule has 2 aromatic rings. The van der Waals surface area contributed by atoms with Crippen molar-refractivity contribution in [3.8, 4) is 0 Å². The van der Waals surface area contributed by atoms with Gasteiger partial charge in [-0.2, -0.15) is 0 Å².